The molecule has 8 nitrogen and oxygen atoms in total. The van der Waals surface area contributed by atoms with E-state index >= 15 is 0 Å². The molecule has 1 unspecified atom stereocenters. The fourth-order valence-corrected chi connectivity index (χ4v) is 11.9. The lowest BCUT2D eigenvalue weighted by atomic mass is 9.35. The van der Waals surface area contributed by atoms with Crippen molar-refractivity contribution in [2.75, 3.05) is 6.61 Å². The van der Waals surface area contributed by atoms with Crippen molar-refractivity contribution < 1.29 is 40.1 Å². The molecule has 0 spiro atoms. The van der Waals surface area contributed by atoms with Gasteiger partial charge in [0.2, 0.25) is 0 Å². The van der Waals surface area contributed by atoms with Crippen LogP contribution in [0.15, 0.2) is 11.6 Å². The van der Waals surface area contributed by atoms with E-state index in [1.165, 1.54) is 5.57 Å². The maximum absolute atomic E-state index is 12.0. The number of aliphatic hydroxyl groups is 6. The summed E-state index contributed by atoms with van der Waals surface area (Å²) in [6, 6.07) is 0. The van der Waals surface area contributed by atoms with Crippen molar-refractivity contribution in [3.05, 3.63) is 11.6 Å². The minimum Gasteiger partial charge on any atom is -0.394 e. The summed E-state index contributed by atoms with van der Waals surface area (Å²) < 4.78 is 12.2. The number of rotatable bonds is 7. The summed E-state index contributed by atoms with van der Waals surface area (Å²) in [5.41, 5.74) is 0.122. The van der Waals surface area contributed by atoms with Crippen LogP contribution < -0.4 is 0 Å². The van der Waals surface area contributed by atoms with Crippen LogP contribution in [0.3, 0.4) is 0 Å². The number of hydrogen-bond donors (Lipinski definition) is 6. The van der Waals surface area contributed by atoms with Gasteiger partial charge in [0.25, 0.3) is 0 Å². The van der Waals surface area contributed by atoms with Gasteiger partial charge in [-0.15, -0.1) is 0 Å². The van der Waals surface area contributed by atoms with E-state index in [4.69, 9.17) is 9.47 Å². The van der Waals surface area contributed by atoms with Gasteiger partial charge in [-0.05, 0) is 124 Å². The van der Waals surface area contributed by atoms with Crippen LogP contribution in [0.1, 0.15) is 113 Å². The maximum atomic E-state index is 12.0. The Labute approximate surface area is 265 Å². The van der Waals surface area contributed by atoms with E-state index in [9.17, 15) is 30.6 Å². The topological polar surface area (TPSA) is 140 Å². The monoisotopic (exact) mass is 622 g/mol. The molecule has 1 aliphatic heterocycles. The quantitative estimate of drug-likeness (QED) is 0.182. The standard InChI is InChI=1S/C36H62O8/c1-20(2)10-9-14-36(8,42)21-11-16-35(7)27(21)22(38)18-25-33(5)15-13-26(32(3,4)24(33)12-17-34(25,35)6)44-31-30(41)29(40)28(39)23(19-37)43-31/h10,21-31,37-42H,9,11-19H2,1-8H3/t21-,22+,23+,24-,25+,26-,27-,28+,29-,30+,31?,33-,34+,35+,36-/m0/s1. The molecule has 4 aliphatic carbocycles. The molecule has 5 aliphatic rings. The molecule has 4 saturated carbocycles. The van der Waals surface area contributed by atoms with Gasteiger partial charge in [-0.2, -0.15) is 0 Å². The van der Waals surface area contributed by atoms with E-state index < -0.39 is 49.0 Å². The van der Waals surface area contributed by atoms with Gasteiger partial charge in [-0.1, -0.05) is 46.3 Å². The second-order valence-corrected chi connectivity index (χ2v) is 17.3. The first kappa shape index (κ1) is 34.7. The van der Waals surface area contributed by atoms with Gasteiger partial charge in [-0.25, -0.2) is 0 Å². The third kappa shape index (κ3) is 5.26. The van der Waals surface area contributed by atoms with E-state index in [0.29, 0.717) is 18.3 Å². The van der Waals surface area contributed by atoms with E-state index in [1.807, 2.05) is 6.92 Å². The zero-order valence-electron chi connectivity index (χ0n) is 28.5. The van der Waals surface area contributed by atoms with Crippen molar-refractivity contribution in [1.29, 1.82) is 0 Å². The Morgan fingerprint density at radius 3 is 2.18 bits per heavy atom. The highest BCUT2D eigenvalue weighted by molar-refractivity contribution is 5.20. The van der Waals surface area contributed by atoms with Crippen molar-refractivity contribution in [2.24, 2.45) is 45.3 Å². The highest BCUT2D eigenvalue weighted by Crippen LogP contribution is 2.76. The molecule has 0 radical (unpaired) electrons. The van der Waals surface area contributed by atoms with Crippen LogP contribution in [0.4, 0.5) is 0 Å². The number of fused-ring (bicyclic) bond motifs is 5. The Bertz CT molecular complexity index is 1070. The predicted molar refractivity (Wildman–Crippen MR) is 168 cm³/mol. The van der Waals surface area contributed by atoms with Crippen molar-refractivity contribution >= 4 is 0 Å². The maximum Gasteiger partial charge on any atom is 0.186 e. The van der Waals surface area contributed by atoms with Crippen molar-refractivity contribution in [1.82, 2.24) is 0 Å². The molecule has 5 fully saturated rings. The van der Waals surface area contributed by atoms with Gasteiger partial charge in [0.1, 0.15) is 24.4 Å². The summed E-state index contributed by atoms with van der Waals surface area (Å²) >= 11 is 0. The number of hydrogen-bond acceptors (Lipinski definition) is 8. The van der Waals surface area contributed by atoms with E-state index in [1.54, 1.807) is 0 Å². The number of allylic oxidation sites excluding steroid dienone is 2. The number of aliphatic hydroxyl groups excluding tert-OH is 5. The predicted octanol–water partition coefficient (Wildman–Crippen LogP) is 4.32. The Balaban J connectivity index is 1.37. The van der Waals surface area contributed by atoms with Crippen LogP contribution >= 0.6 is 0 Å². The molecule has 15 atom stereocenters. The Kier molecular flexibility index (Phi) is 9.35. The van der Waals surface area contributed by atoms with Crippen LogP contribution in [0, 0.1) is 45.3 Å². The smallest absolute Gasteiger partial charge is 0.186 e. The second kappa shape index (κ2) is 11.8. The first-order chi connectivity index (χ1) is 20.3. The van der Waals surface area contributed by atoms with Crippen LogP contribution in [0.5, 0.6) is 0 Å². The largest absolute Gasteiger partial charge is 0.394 e. The van der Waals surface area contributed by atoms with Gasteiger partial charge in [0, 0.05) is 0 Å². The molecule has 1 saturated heterocycles. The van der Waals surface area contributed by atoms with Gasteiger partial charge in [0.05, 0.1) is 24.4 Å². The van der Waals surface area contributed by atoms with Crippen LogP contribution in [0.2, 0.25) is 0 Å². The molecule has 0 aromatic carbocycles. The first-order valence-electron chi connectivity index (χ1n) is 17.3. The average Bonchev–Trinajstić information content (AvgIpc) is 3.32. The molecule has 0 aromatic rings. The van der Waals surface area contributed by atoms with E-state index in [-0.39, 0.29) is 39.6 Å². The molecular weight excluding hydrogens is 560 g/mol. The lowest BCUT2D eigenvalue weighted by molar-refractivity contribution is -0.332. The van der Waals surface area contributed by atoms with Crippen molar-refractivity contribution in [3.63, 3.8) is 0 Å². The molecule has 8 heteroatoms. The van der Waals surface area contributed by atoms with E-state index in [2.05, 4.69) is 54.5 Å². The highest BCUT2D eigenvalue weighted by atomic mass is 16.7. The van der Waals surface area contributed by atoms with Crippen LogP contribution in [-0.4, -0.2) is 85.8 Å². The van der Waals surface area contributed by atoms with Crippen molar-refractivity contribution in [3.8, 4) is 0 Å². The third-order valence-corrected chi connectivity index (χ3v) is 14.5. The Hall–Kier alpha value is -0.580. The van der Waals surface area contributed by atoms with E-state index in [0.717, 1.165) is 51.4 Å². The highest BCUT2D eigenvalue weighted by Gasteiger charge is 2.71. The molecule has 6 N–H and O–H groups in total. The average molecular weight is 623 g/mol. The molecule has 44 heavy (non-hydrogen) atoms. The summed E-state index contributed by atoms with van der Waals surface area (Å²) in [5.74, 6) is 0.792. The summed E-state index contributed by atoms with van der Waals surface area (Å²) in [4.78, 5) is 0. The lowest BCUT2D eigenvalue weighted by Crippen LogP contribution is -2.67. The van der Waals surface area contributed by atoms with Gasteiger partial charge >= 0.3 is 0 Å². The molecule has 5 rings (SSSR count). The molecule has 1 heterocycles. The molecule has 0 aromatic heterocycles. The van der Waals surface area contributed by atoms with Crippen molar-refractivity contribution in [2.45, 2.75) is 162 Å². The summed E-state index contributed by atoms with van der Waals surface area (Å²) in [7, 11) is 0. The van der Waals surface area contributed by atoms with Gasteiger partial charge < -0.3 is 40.1 Å². The van der Waals surface area contributed by atoms with Crippen LogP contribution in [0.25, 0.3) is 0 Å². The molecular formula is C36H62O8. The molecule has 0 bridgehead atoms. The second-order valence-electron chi connectivity index (χ2n) is 17.3. The normalized spacial score (nSPS) is 51.5. The fraction of sp³-hybridized carbons (Fsp3) is 0.944. The number of ether oxygens (including phenoxy) is 2. The molecule has 254 valence electrons. The molecule has 0 amide bonds. The van der Waals surface area contributed by atoms with Gasteiger partial charge in [-0.3, -0.25) is 0 Å². The fourth-order valence-electron chi connectivity index (χ4n) is 11.9. The minimum absolute atomic E-state index is 0.0231. The van der Waals surface area contributed by atoms with Crippen LogP contribution in [-0.2, 0) is 9.47 Å². The zero-order valence-corrected chi connectivity index (χ0v) is 28.5. The third-order valence-electron chi connectivity index (χ3n) is 14.5. The SMILES string of the molecule is CC(C)=CCC[C@](C)(O)[C@H]1CC[C@]2(C)[C@@H]1[C@H](O)C[C@@H]1[C@@]3(C)CC[C@H](OC4O[C@H](CO)[C@@H](O)[C@H](O)[C@H]4O)C(C)(C)[C@@H]3CC[C@]12C. The summed E-state index contributed by atoms with van der Waals surface area (Å²) in [6.07, 6.45) is 3.15. The summed E-state index contributed by atoms with van der Waals surface area (Å²) in [6.45, 7) is 17.5. The zero-order chi connectivity index (χ0) is 32.6. The van der Waals surface area contributed by atoms with Gasteiger partial charge in [0.15, 0.2) is 6.29 Å². The summed E-state index contributed by atoms with van der Waals surface area (Å²) in [5, 5.41) is 64.8. The first-order valence-corrected chi connectivity index (χ1v) is 17.3. The minimum atomic E-state index is -1.46. The Morgan fingerprint density at radius 2 is 1.55 bits per heavy atom. The Morgan fingerprint density at radius 1 is 0.886 bits per heavy atom. The lowest BCUT2D eigenvalue weighted by Gasteiger charge is -2.70.